The van der Waals surface area contributed by atoms with Crippen LogP contribution in [0.1, 0.15) is 37.3 Å². The molecule has 0 aromatic heterocycles. The Morgan fingerprint density at radius 1 is 1.47 bits per heavy atom. The van der Waals surface area contributed by atoms with E-state index in [-0.39, 0.29) is 5.82 Å². The van der Waals surface area contributed by atoms with Crippen molar-refractivity contribution in [3.05, 3.63) is 35.1 Å². The van der Waals surface area contributed by atoms with Gasteiger partial charge in [-0.05, 0) is 43.0 Å². The van der Waals surface area contributed by atoms with E-state index in [0.717, 1.165) is 11.5 Å². The second kappa shape index (κ2) is 5.29. The maximum Gasteiger partial charge on any atom is 0.124 e. The van der Waals surface area contributed by atoms with Crippen molar-refractivity contribution in [3.8, 4) is 6.07 Å². The number of nitrogens with one attached hydrogen (secondary N) is 1. The molecule has 1 aliphatic rings. The van der Waals surface area contributed by atoms with Gasteiger partial charge in [0.1, 0.15) is 5.82 Å². The van der Waals surface area contributed by atoms with Gasteiger partial charge in [0.15, 0.2) is 0 Å². The summed E-state index contributed by atoms with van der Waals surface area (Å²) >= 11 is 0. The van der Waals surface area contributed by atoms with Gasteiger partial charge in [-0.15, -0.1) is 0 Å². The van der Waals surface area contributed by atoms with Crippen LogP contribution < -0.4 is 5.32 Å². The first-order valence-corrected chi connectivity index (χ1v) is 6.10. The molecule has 2 nitrogen and oxygen atoms in total. The van der Waals surface area contributed by atoms with E-state index >= 15 is 0 Å². The zero-order chi connectivity index (χ0) is 12.3. The van der Waals surface area contributed by atoms with E-state index in [9.17, 15) is 4.39 Å². The number of benzene rings is 1. The second-order valence-electron chi connectivity index (χ2n) is 4.92. The standard InChI is InChI=1S/C14H17FN2/c1-10(4-11-2-3-11)17-9-13-5-12(8-16)6-14(15)7-13/h5-7,10-11,17H,2-4,9H2,1H3. The summed E-state index contributed by atoms with van der Waals surface area (Å²) in [5.41, 5.74) is 1.22. The largest absolute Gasteiger partial charge is 0.310 e. The highest BCUT2D eigenvalue weighted by molar-refractivity contribution is 5.33. The van der Waals surface area contributed by atoms with Gasteiger partial charge < -0.3 is 5.32 Å². The first kappa shape index (κ1) is 12.1. The molecule has 1 unspecified atom stereocenters. The van der Waals surface area contributed by atoms with Crippen molar-refractivity contribution in [2.75, 3.05) is 0 Å². The predicted molar refractivity (Wildman–Crippen MR) is 64.8 cm³/mol. The van der Waals surface area contributed by atoms with Crippen LogP contribution in [0.3, 0.4) is 0 Å². The average Bonchev–Trinajstić information content (AvgIpc) is 3.09. The van der Waals surface area contributed by atoms with Gasteiger partial charge in [-0.1, -0.05) is 12.8 Å². The van der Waals surface area contributed by atoms with Gasteiger partial charge in [-0.3, -0.25) is 0 Å². The highest BCUT2D eigenvalue weighted by atomic mass is 19.1. The fraction of sp³-hybridized carbons (Fsp3) is 0.500. The lowest BCUT2D eigenvalue weighted by Crippen LogP contribution is -2.25. The summed E-state index contributed by atoms with van der Waals surface area (Å²) in [6, 6.07) is 6.91. The normalized spacial score (nSPS) is 16.5. The van der Waals surface area contributed by atoms with Gasteiger partial charge >= 0.3 is 0 Å². The number of halogens is 1. The molecule has 0 heterocycles. The van der Waals surface area contributed by atoms with Crippen LogP contribution in [0.2, 0.25) is 0 Å². The molecular weight excluding hydrogens is 215 g/mol. The van der Waals surface area contributed by atoms with Gasteiger partial charge in [0.2, 0.25) is 0 Å². The molecule has 0 aliphatic heterocycles. The third kappa shape index (κ3) is 3.83. The molecule has 17 heavy (non-hydrogen) atoms. The van der Waals surface area contributed by atoms with Crippen LogP contribution in [0.4, 0.5) is 4.39 Å². The molecule has 1 aromatic carbocycles. The van der Waals surface area contributed by atoms with Crippen molar-refractivity contribution >= 4 is 0 Å². The smallest absolute Gasteiger partial charge is 0.124 e. The minimum atomic E-state index is -0.337. The summed E-state index contributed by atoms with van der Waals surface area (Å²) < 4.78 is 13.2. The van der Waals surface area contributed by atoms with Gasteiger partial charge in [0.25, 0.3) is 0 Å². The number of hydrogen-bond donors (Lipinski definition) is 1. The van der Waals surface area contributed by atoms with Crippen molar-refractivity contribution in [3.63, 3.8) is 0 Å². The summed E-state index contributed by atoms with van der Waals surface area (Å²) in [6.07, 6.45) is 3.90. The third-order valence-electron chi connectivity index (χ3n) is 3.13. The van der Waals surface area contributed by atoms with Crippen molar-refractivity contribution in [2.24, 2.45) is 5.92 Å². The Labute approximate surface area is 101 Å². The predicted octanol–water partition coefficient (Wildman–Crippen LogP) is 2.98. The number of rotatable bonds is 5. The summed E-state index contributed by atoms with van der Waals surface area (Å²) in [4.78, 5) is 0. The SMILES string of the molecule is CC(CC1CC1)NCc1cc(F)cc(C#N)c1. The zero-order valence-electron chi connectivity index (χ0n) is 10.0. The van der Waals surface area contributed by atoms with Gasteiger partial charge in [-0.25, -0.2) is 4.39 Å². The Bertz CT molecular complexity index is 432. The van der Waals surface area contributed by atoms with E-state index in [4.69, 9.17) is 5.26 Å². The Hall–Kier alpha value is -1.40. The van der Waals surface area contributed by atoms with E-state index in [0.29, 0.717) is 18.2 Å². The molecule has 0 saturated heterocycles. The summed E-state index contributed by atoms with van der Waals surface area (Å²) in [6.45, 7) is 2.78. The molecule has 2 rings (SSSR count). The first-order valence-electron chi connectivity index (χ1n) is 6.10. The lowest BCUT2D eigenvalue weighted by Gasteiger charge is -2.13. The highest BCUT2D eigenvalue weighted by Crippen LogP contribution is 2.33. The number of nitriles is 1. The van der Waals surface area contributed by atoms with Crippen molar-refractivity contribution in [1.29, 1.82) is 5.26 Å². The minimum Gasteiger partial charge on any atom is -0.310 e. The molecule has 1 aromatic rings. The Kier molecular flexibility index (Phi) is 3.75. The van der Waals surface area contributed by atoms with Gasteiger partial charge in [-0.2, -0.15) is 5.26 Å². The topological polar surface area (TPSA) is 35.8 Å². The zero-order valence-corrected chi connectivity index (χ0v) is 10.0. The molecule has 1 aliphatic carbocycles. The van der Waals surface area contributed by atoms with Crippen LogP contribution in [-0.2, 0) is 6.54 Å². The fourth-order valence-electron chi connectivity index (χ4n) is 2.05. The lowest BCUT2D eigenvalue weighted by molar-refractivity contribution is 0.486. The number of nitrogens with zero attached hydrogens (tertiary/aromatic N) is 1. The quantitative estimate of drug-likeness (QED) is 0.847. The van der Waals surface area contributed by atoms with Crippen LogP contribution >= 0.6 is 0 Å². The van der Waals surface area contributed by atoms with Crippen molar-refractivity contribution in [1.82, 2.24) is 5.32 Å². The fourth-order valence-corrected chi connectivity index (χ4v) is 2.05. The van der Waals surface area contributed by atoms with Crippen molar-refractivity contribution in [2.45, 2.75) is 38.8 Å². The van der Waals surface area contributed by atoms with Crippen LogP contribution in [0.15, 0.2) is 18.2 Å². The number of hydrogen-bond acceptors (Lipinski definition) is 2. The molecule has 1 fully saturated rings. The Balaban J connectivity index is 1.89. The molecule has 1 saturated carbocycles. The Morgan fingerprint density at radius 2 is 2.24 bits per heavy atom. The Morgan fingerprint density at radius 3 is 2.88 bits per heavy atom. The van der Waals surface area contributed by atoms with Crippen LogP contribution in [0, 0.1) is 23.1 Å². The molecular formula is C14H17FN2. The second-order valence-corrected chi connectivity index (χ2v) is 4.92. The monoisotopic (exact) mass is 232 g/mol. The van der Waals surface area contributed by atoms with E-state index in [1.54, 1.807) is 6.07 Å². The summed E-state index contributed by atoms with van der Waals surface area (Å²) in [5.74, 6) is 0.551. The average molecular weight is 232 g/mol. The first-order chi connectivity index (χ1) is 8.17. The van der Waals surface area contributed by atoms with Crippen LogP contribution in [0.25, 0.3) is 0 Å². The molecule has 0 amide bonds. The van der Waals surface area contributed by atoms with Gasteiger partial charge in [0, 0.05) is 12.6 Å². The molecule has 1 N–H and O–H groups in total. The van der Waals surface area contributed by atoms with Crippen molar-refractivity contribution < 1.29 is 4.39 Å². The maximum atomic E-state index is 13.2. The highest BCUT2D eigenvalue weighted by Gasteiger charge is 2.23. The molecule has 0 radical (unpaired) electrons. The third-order valence-corrected chi connectivity index (χ3v) is 3.13. The van der Waals surface area contributed by atoms with E-state index < -0.39 is 0 Å². The van der Waals surface area contributed by atoms with E-state index in [1.807, 2.05) is 6.07 Å². The molecule has 90 valence electrons. The lowest BCUT2D eigenvalue weighted by atomic mass is 10.1. The molecule has 0 spiro atoms. The maximum absolute atomic E-state index is 13.2. The molecule has 3 heteroatoms. The van der Waals surface area contributed by atoms with E-state index in [1.165, 1.54) is 31.4 Å². The summed E-state index contributed by atoms with van der Waals surface area (Å²) in [7, 11) is 0. The van der Waals surface area contributed by atoms with Crippen LogP contribution in [0.5, 0.6) is 0 Å². The summed E-state index contributed by atoms with van der Waals surface area (Å²) in [5, 5.41) is 12.1. The van der Waals surface area contributed by atoms with E-state index in [2.05, 4.69) is 12.2 Å². The van der Waals surface area contributed by atoms with Gasteiger partial charge in [0.05, 0.1) is 11.6 Å². The molecule has 1 atom stereocenters. The van der Waals surface area contributed by atoms with Crippen LogP contribution in [-0.4, -0.2) is 6.04 Å². The minimum absolute atomic E-state index is 0.337. The molecule has 0 bridgehead atoms.